The third kappa shape index (κ3) is 4.21. The molecule has 0 saturated heterocycles. The van der Waals surface area contributed by atoms with Crippen molar-refractivity contribution in [1.82, 2.24) is 14.7 Å². The second-order valence-electron chi connectivity index (χ2n) is 5.07. The van der Waals surface area contributed by atoms with Crippen molar-refractivity contribution in [3.63, 3.8) is 0 Å². The van der Waals surface area contributed by atoms with E-state index in [1.807, 2.05) is 19.2 Å². The molecule has 1 heterocycles. The Morgan fingerprint density at radius 3 is 2.67 bits per heavy atom. The fourth-order valence-electron chi connectivity index (χ4n) is 2.19. The molecule has 130 valence electrons. The van der Waals surface area contributed by atoms with Crippen LogP contribution in [0.25, 0.3) is 0 Å². The summed E-state index contributed by atoms with van der Waals surface area (Å²) in [5.41, 5.74) is 1.07. The van der Waals surface area contributed by atoms with Gasteiger partial charge in [-0.2, -0.15) is 13.9 Å². The zero-order valence-electron chi connectivity index (χ0n) is 13.7. The standard InChI is InChI=1S/C16H19F2N3O3/c1-4-21-8-7-12(19-21)10-20(2)15(22)11-5-6-13(24-16(17)18)14(9-11)23-3/h5-9,16H,4,10H2,1-3H3. The fraction of sp³-hybridized carbons (Fsp3) is 0.375. The van der Waals surface area contributed by atoms with Crippen molar-refractivity contribution in [2.24, 2.45) is 0 Å². The Kier molecular flexibility index (Phi) is 5.73. The van der Waals surface area contributed by atoms with Gasteiger partial charge in [-0.1, -0.05) is 0 Å². The maximum atomic E-state index is 12.5. The van der Waals surface area contributed by atoms with Crippen LogP contribution in [0.5, 0.6) is 11.5 Å². The number of alkyl halides is 2. The number of hydrogen-bond acceptors (Lipinski definition) is 4. The maximum absolute atomic E-state index is 12.5. The molecule has 0 N–H and O–H groups in total. The van der Waals surface area contributed by atoms with E-state index >= 15 is 0 Å². The van der Waals surface area contributed by atoms with E-state index in [2.05, 4.69) is 9.84 Å². The third-order valence-electron chi connectivity index (χ3n) is 3.39. The van der Waals surface area contributed by atoms with Gasteiger partial charge in [-0.3, -0.25) is 9.48 Å². The van der Waals surface area contributed by atoms with E-state index < -0.39 is 6.61 Å². The molecule has 0 unspecified atom stereocenters. The van der Waals surface area contributed by atoms with Crippen molar-refractivity contribution in [1.29, 1.82) is 0 Å². The molecule has 1 amide bonds. The highest BCUT2D eigenvalue weighted by Crippen LogP contribution is 2.29. The highest BCUT2D eigenvalue weighted by molar-refractivity contribution is 5.94. The summed E-state index contributed by atoms with van der Waals surface area (Å²) >= 11 is 0. The molecule has 8 heteroatoms. The van der Waals surface area contributed by atoms with Gasteiger partial charge in [0.05, 0.1) is 19.3 Å². The molecule has 0 spiro atoms. The van der Waals surface area contributed by atoms with Crippen molar-refractivity contribution in [3.05, 3.63) is 41.7 Å². The lowest BCUT2D eigenvalue weighted by atomic mass is 10.1. The largest absolute Gasteiger partial charge is 0.493 e. The number of rotatable bonds is 7. The number of carbonyl (C=O) groups is 1. The molecule has 0 aliphatic rings. The first kappa shape index (κ1) is 17.7. The minimum Gasteiger partial charge on any atom is -0.493 e. The van der Waals surface area contributed by atoms with Crippen LogP contribution in [0.4, 0.5) is 8.78 Å². The van der Waals surface area contributed by atoms with Crippen LogP contribution in [0, 0.1) is 0 Å². The first-order chi connectivity index (χ1) is 11.4. The number of hydrogen-bond donors (Lipinski definition) is 0. The summed E-state index contributed by atoms with van der Waals surface area (Å²) in [6.45, 7) is 0.0991. The van der Waals surface area contributed by atoms with Crippen LogP contribution in [0.3, 0.4) is 0 Å². The van der Waals surface area contributed by atoms with Gasteiger partial charge < -0.3 is 14.4 Å². The van der Waals surface area contributed by atoms with Gasteiger partial charge in [0, 0.05) is 25.4 Å². The van der Waals surface area contributed by atoms with Crippen molar-refractivity contribution < 1.29 is 23.0 Å². The van der Waals surface area contributed by atoms with Crippen molar-refractivity contribution in [2.75, 3.05) is 14.2 Å². The van der Waals surface area contributed by atoms with E-state index in [0.717, 1.165) is 12.2 Å². The van der Waals surface area contributed by atoms with E-state index in [-0.39, 0.29) is 17.4 Å². The zero-order valence-corrected chi connectivity index (χ0v) is 13.7. The second kappa shape index (κ2) is 7.76. The number of ether oxygens (including phenoxy) is 2. The molecule has 0 saturated carbocycles. The van der Waals surface area contributed by atoms with Gasteiger partial charge in [0.25, 0.3) is 5.91 Å². The molecular formula is C16H19F2N3O3. The average Bonchev–Trinajstić information content (AvgIpc) is 3.01. The van der Waals surface area contributed by atoms with Gasteiger partial charge in [0.1, 0.15) is 0 Å². The van der Waals surface area contributed by atoms with Crippen molar-refractivity contribution in [2.45, 2.75) is 26.6 Å². The Labute approximate surface area is 138 Å². The summed E-state index contributed by atoms with van der Waals surface area (Å²) in [7, 11) is 2.96. The predicted molar refractivity (Wildman–Crippen MR) is 83.3 cm³/mol. The molecule has 0 radical (unpaired) electrons. The van der Waals surface area contributed by atoms with Crippen LogP contribution in [-0.2, 0) is 13.1 Å². The Morgan fingerprint density at radius 2 is 2.08 bits per heavy atom. The molecule has 0 fully saturated rings. The topological polar surface area (TPSA) is 56.6 Å². The number of halogens is 2. The SMILES string of the molecule is CCn1ccc(CN(C)C(=O)c2ccc(OC(F)F)c(OC)c2)n1. The normalized spacial score (nSPS) is 10.8. The lowest BCUT2D eigenvalue weighted by Gasteiger charge is -2.17. The van der Waals surface area contributed by atoms with Crippen LogP contribution in [0.15, 0.2) is 30.5 Å². The summed E-state index contributed by atoms with van der Waals surface area (Å²) in [6.07, 6.45) is 1.84. The number of nitrogens with zero attached hydrogens (tertiary/aromatic N) is 3. The molecule has 1 aromatic heterocycles. The van der Waals surface area contributed by atoms with Gasteiger partial charge >= 0.3 is 6.61 Å². The van der Waals surface area contributed by atoms with Crippen LogP contribution < -0.4 is 9.47 Å². The van der Waals surface area contributed by atoms with Crippen LogP contribution in [0.1, 0.15) is 23.0 Å². The lowest BCUT2D eigenvalue weighted by Crippen LogP contribution is -2.26. The molecule has 24 heavy (non-hydrogen) atoms. The Balaban J connectivity index is 2.13. The zero-order chi connectivity index (χ0) is 17.7. The van der Waals surface area contributed by atoms with Crippen LogP contribution in [-0.4, -0.2) is 41.4 Å². The van der Waals surface area contributed by atoms with Crippen LogP contribution >= 0.6 is 0 Å². The molecular weight excluding hydrogens is 320 g/mol. The van der Waals surface area contributed by atoms with Crippen LogP contribution in [0.2, 0.25) is 0 Å². The smallest absolute Gasteiger partial charge is 0.387 e. The van der Waals surface area contributed by atoms with Crippen molar-refractivity contribution >= 4 is 5.91 Å². The highest BCUT2D eigenvalue weighted by Gasteiger charge is 2.17. The third-order valence-corrected chi connectivity index (χ3v) is 3.39. The lowest BCUT2D eigenvalue weighted by molar-refractivity contribution is -0.0512. The van der Waals surface area contributed by atoms with E-state index in [1.165, 1.54) is 30.2 Å². The molecule has 6 nitrogen and oxygen atoms in total. The Bertz CT molecular complexity index is 704. The molecule has 2 rings (SSSR count). The summed E-state index contributed by atoms with van der Waals surface area (Å²) < 4.78 is 35.8. The van der Waals surface area contributed by atoms with E-state index in [4.69, 9.17) is 4.74 Å². The van der Waals surface area contributed by atoms with E-state index in [9.17, 15) is 13.6 Å². The molecule has 0 bridgehead atoms. The predicted octanol–water partition coefficient (Wildman–Crippen LogP) is 2.79. The Hall–Kier alpha value is -2.64. The van der Waals surface area contributed by atoms with Gasteiger partial charge in [0.2, 0.25) is 0 Å². The number of carbonyl (C=O) groups excluding carboxylic acids is 1. The molecule has 1 aromatic carbocycles. The summed E-state index contributed by atoms with van der Waals surface area (Å²) in [6, 6.07) is 5.93. The fourth-order valence-corrected chi connectivity index (χ4v) is 2.19. The first-order valence-electron chi connectivity index (χ1n) is 7.35. The number of aryl methyl sites for hydroxylation is 1. The summed E-state index contributed by atoms with van der Waals surface area (Å²) in [4.78, 5) is 14.0. The number of aromatic nitrogens is 2. The molecule has 2 aromatic rings. The summed E-state index contributed by atoms with van der Waals surface area (Å²) in [5, 5.41) is 4.32. The van der Waals surface area contributed by atoms with Gasteiger partial charge in [-0.25, -0.2) is 0 Å². The Morgan fingerprint density at radius 1 is 1.33 bits per heavy atom. The van der Waals surface area contributed by atoms with Crippen molar-refractivity contribution in [3.8, 4) is 11.5 Å². The minimum absolute atomic E-state index is 0.0739. The number of benzene rings is 1. The number of amides is 1. The monoisotopic (exact) mass is 339 g/mol. The summed E-state index contributed by atoms with van der Waals surface area (Å²) in [5.74, 6) is -0.318. The quantitative estimate of drug-likeness (QED) is 0.778. The molecule has 0 aliphatic heterocycles. The molecule has 0 aliphatic carbocycles. The maximum Gasteiger partial charge on any atom is 0.387 e. The van der Waals surface area contributed by atoms with E-state index in [0.29, 0.717) is 12.1 Å². The molecule has 0 atom stereocenters. The number of methoxy groups -OCH3 is 1. The highest BCUT2D eigenvalue weighted by atomic mass is 19.3. The van der Waals surface area contributed by atoms with Gasteiger partial charge in [-0.05, 0) is 31.2 Å². The van der Waals surface area contributed by atoms with Gasteiger partial charge in [0.15, 0.2) is 11.5 Å². The average molecular weight is 339 g/mol. The first-order valence-corrected chi connectivity index (χ1v) is 7.35. The minimum atomic E-state index is -2.96. The van der Waals surface area contributed by atoms with Gasteiger partial charge in [-0.15, -0.1) is 0 Å². The van der Waals surface area contributed by atoms with E-state index in [1.54, 1.807) is 11.7 Å². The second-order valence-corrected chi connectivity index (χ2v) is 5.07.